The van der Waals surface area contributed by atoms with Crippen molar-refractivity contribution < 1.29 is 22.7 Å². The Hall–Kier alpha value is -4.59. The first-order valence-corrected chi connectivity index (χ1v) is 12.9. The van der Waals surface area contributed by atoms with Crippen molar-refractivity contribution in [2.75, 3.05) is 0 Å². The Bertz CT molecular complexity index is 1610. The fraction of sp³-hybridized carbons (Fsp3) is 0.188. The second kappa shape index (κ2) is 11.7. The van der Waals surface area contributed by atoms with E-state index in [9.17, 15) is 18.0 Å². The lowest BCUT2D eigenvalue weighted by atomic mass is 9.89. The number of fused-ring (bicyclic) bond motifs is 1. The van der Waals surface area contributed by atoms with Crippen LogP contribution >= 0.6 is 0 Å². The SMILES string of the molecule is Cc1ccccc1C(CC(=O)NCc1cccc(C(F)(F)F)c1)c1cnc2c(OCc3ccccc3)cccn12. The molecular weight excluding hydrogens is 515 g/mol. The zero-order valence-electron chi connectivity index (χ0n) is 21.9. The van der Waals surface area contributed by atoms with Crippen molar-refractivity contribution in [3.05, 3.63) is 137 Å². The van der Waals surface area contributed by atoms with Crippen LogP contribution in [0.1, 0.15) is 45.8 Å². The Morgan fingerprint density at radius 2 is 1.70 bits per heavy atom. The average Bonchev–Trinajstić information content (AvgIpc) is 3.39. The average molecular weight is 544 g/mol. The predicted molar refractivity (Wildman–Crippen MR) is 147 cm³/mol. The van der Waals surface area contributed by atoms with Crippen molar-refractivity contribution >= 4 is 11.6 Å². The quantitative estimate of drug-likeness (QED) is 0.216. The maximum absolute atomic E-state index is 13.2. The molecular formula is C32H28F3N3O2. The standard InChI is InChI=1S/C32H28F3N3O2/c1-22-9-5-6-14-26(22)27(18-30(39)36-19-24-12-7-13-25(17-24)32(33,34)35)28-20-37-31-29(15-8-16-38(28)31)40-21-23-10-3-2-4-11-23/h2-17,20,27H,18-19,21H2,1H3,(H,36,39). The van der Waals surface area contributed by atoms with Crippen molar-refractivity contribution in [1.82, 2.24) is 14.7 Å². The number of benzene rings is 3. The molecule has 8 heteroatoms. The van der Waals surface area contributed by atoms with Crippen LogP contribution in [0.5, 0.6) is 5.75 Å². The third-order valence-electron chi connectivity index (χ3n) is 6.82. The van der Waals surface area contributed by atoms with Gasteiger partial charge in [-0.15, -0.1) is 0 Å². The highest BCUT2D eigenvalue weighted by atomic mass is 19.4. The van der Waals surface area contributed by atoms with E-state index < -0.39 is 11.7 Å². The number of rotatable bonds is 9. The summed E-state index contributed by atoms with van der Waals surface area (Å²) >= 11 is 0. The summed E-state index contributed by atoms with van der Waals surface area (Å²) in [6, 6.07) is 26.4. The van der Waals surface area contributed by atoms with Crippen molar-refractivity contribution in [2.24, 2.45) is 0 Å². The third kappa shape index (κ3) is 6.17. The van der Waals surface area contributed by atoms with Crippen LogP contribution in [0.4, 0.5) is 13.2 Å². The lowest BCUT2D eigenvalue weighted by Crippen LogP contribution is -2.25. The van der Waals surface area contributed by atoms with Gasteiger partial charge < -0.3 is 14.5 Å². The molecule has 0 aliphatic carbocycles. The van der Waals surface area contributed by atoms with Gasteiger partial charge in [-0.2, -0.15) is 13.2 Å². The van der Waals surface area contributed by atoms with E-state index in [0.717, 1.165) is 34.5 Å². The van der Waals surface area contributed by atoms with Gasteiger partial charge in [-0.05, 0) is 53.4 Å². The number of alkyl halides is 3. The summed E-state index contributed by atoms with van der Waals surface area (Å²) in [6.07, 6.45) is -0.712. The Morgan fingerprint density at radius 1 is 0.950 bits per heavy atom. The van der Waals surface area contributed by atoms with E-state index in [4.69, 9.17) is 4.74 Å². The molecule has 0 radical (unpaired) electrons. The second-order valence-electron chi connectivity index (χ2n) is 9.61. The van der Waals surface area contributed by atoms with Crippen molar-refractivity contribution in [1.29, 1.82) is 0 Å². The van der Waals surface area contributed by atoms with Crippen LogP contribution in [0.2, 0.25) is 0 Å². The second-order valence-corrected chi connectivity index (χ2v) is 9.61. The van der Waals surface area contributed by atoms with Gasteiger partial charge in [-0.25, -0.2) is 4.98 Å². The summed E-state index contributed by atoms with van der Waals surface area (Å²) in [5.41, 5.74) is 4.10. The van der Waals surface area contributed by atoms with E-state index in [1.165, 1.54) is 6.07 Å². The zero-order valence-corrected chi connectivity index (χ0v) is 21.9. The molecule has 2 heterocycles. The molecule has 1 unspecified atom stereocenters. The summed E-state index contributed by atoms with van der Waals surface area (Å²) in [4.78, 5) is 17.8. The van der Waals surface area contributed by atoms with Crippen LogP contribution in [0, 0.1) is 6.92 Å². The molecule has 0 aliphatic rings. The molecule has 0 saturated heterocycles. The van der Waals surface area contributed by atoms with Gasteiger partial charge in [0.15, 0.2) is 11.4 Å². The third-order valence-corrected chi connectivity index (χ3v) is 6.82. The Kier molecular flexibility index (Phi) is 7.86. The van der Waals surface area contributed by atoms with Crippen LogP contribution in [0.3, 0.4) is 0 Å². The first-order chi connectivity index (χ1) is 19.3. The zero-order chi connectivity index (χ0) is 28.1. The molecule has 3 aromatic carbocycles. The summed E-state index contributed by atoms with van der Waals surface area (Å²) in [6.45, 7) is 2.37. The van der Waals surface area contributed by atoms with Gasteiger partial charge in [0.05, 0.1) is 11.3 Å². The predicted octanol–water partition coefficient (Wildman–Crippen LogP) is 7.08. The van der Waals surface area contributed by atoms with Crippen molar-refractivity contribution in [2.45, 2.75) is 38.6 Å². The van der Waals surface area contributed by atoms with Gasteiger partial charge in [-0.1, -0.05) is 66.7 Å². The number of nitrogens with zero attached hydrogens (tertiary/aromatic N) is 2. The van der Waals surface area contributed by atoms with E-state index >= 15 is 0 Å². The fourth-order valence-corrected chi connectivity index (χ4v) is 4.78. The number of halogens is 3. The molecule has 5 nitrogen and oxygen atoms in total. The number of aromatic nitrogens is 2. The monoisotopic (exact) mass is 543 g/mol. The van der Waals surface area contributed by atoms with Crippen LogP contribution in [0.25, 0.3) is 5.65 Å². The molecule has 40 heavy (non-hydrogen) atoms. The van der Waals surface area contributed by atoms with Crippen molar-refractivity contribution in [3.63, 3.8) is 0 Å². The number of hydrogen-bond acceptors (Lipinski definition) is 3. The Balaban J connectivity index is 1.39. The molecule has 1 atom stereocenters. The van der Waals surface area contributed by atoms with Gasteiger partial charge in [0.1, 0.15) is 6.61 Å². The van der Waals surface area contributed by atoms with Gasteiger partial charge >= 0.3 is 6.18 Å². The summed E-state index contributed by atoms with van der Waals surface area (Å²) in [7, 11) is 0. The lowest BCUT2D eigenvalue weighted by Gasteiger charge is -2.20. The molecule has 0 aliphatic heterocycles. The van der Waals surface area contributed by atoms with E-state index in [1.54, 1.807) is 12.3 Å². The summed E-state index contributed by atoms with van der Waals surface area (Å²) in [5.74, 6) is -0.00526. The number of nitrogens with one attached hydrogen (secondary N) is 1. The normalized spacial score (nSPS) is 12.3. The number of aryl methyl sites for hydroxylation is 1. The fourth-order valence-electron chi connectivity index (χ4n) is 4.78. The van der Waals surface area contributed by atoms with Gasteiger partial charge in [0.2, 0.25) is 5.91 Å². The number of pyridine rings is 1. The number of carbonyl (C=O) groups excluding carboxylic acids is 1. The molecule has 0 bridgehead atoms. The van der Waals surface area contributed by atoms with Crippen molar-refractivity contribution in [3.8, 4) is 5.75 Å². The van der Waals surface area contributed by atoms with Crippen LogP contribution < -0.4 is 10.1 Å². The van der Waals surface area contributed by atoms with E-state index in [1.807, 2.05) is 84.3 Å². The number of amides is 1. The van der Waals surface area contributed by atoms with Crippen LogP contribution in [-0.4, -0.2) is 15.3 Å². The highest BCUT2D eigenvalue weighted by molar-refractivity contribution is 5.77. The van der Waals surface area contributed by atoms with E-state index in [2.05, 4.69) is 10.3 Å². The van der Waals surface area contributed by atoms with Crippen LogP contribution in [-0.2, 0) is 24.1 Å². The molecule has 1 amide bonds. The maximum Gasteiger partial charge on any atom is 0.416 e. The lowest BCUT2D eigenvalue weighted by molar-refractivity contribution is -0.137. The molecule has 5 aromatic rings. The topological polar surface area (TPSA) is 55.6 Å². The first kappa shape index (κ1) is 27.0. The number of ether oxygens (including phenoxy) is 1. The first-order valence-electron chi connectivity index (χ1n) is 12.9. The van der Waals surface area contributed by atoms with E-state index in [-0.39, 0.29) is 24.8 Å². The molecule has 5 rings (SSSR count). The molecule has 1 N–H and O–H groups in total. The minimum Gasteiger partial charge on any atom is -0.485 e. The highest BCUT2D eigenvalue weighted by Crippen LogP contribution is 2.33. The number of hydrogen-bond donors (Lipinski definition) is 1. The smallest absolute Gasteiger partial charge is 0.416 e. The van der Waals surface area contributed by atoms with Gasteiger partial charge in [0.25, 0.3) is 0 Å². The van der Waals surface area contributed by atoms with Gasteiger partial charge in [-0.3, -0.25) is 4.79 Å². The van der Waals surface area contributed by atoms with Gasteiger partial charge in [0, 0.05) is 31.3 Å². The number of carbonyl (C=O) groups is 1. The molecule has 204 valence electrons. The maximum atomic E-state index is 13.2. The summed E-state index contributed by atoms with van der Waals surface area (Å²) in [5, 5.41) is 2.80. The summed E-state index contributed by atoms with van der Waals surface area (Å²) < 4.78 is 47.3. The van der Waals surface area contributed by atoms with E-state index in [0.29, 0.717) is 23.6 Å². The Morgan fingerprint density at radius 3 is 2.48 bits per heavy atom. The molecule has 2 aromatic heterocycles. The molecule has 0 spiro atoms. The Labute approximate surface area is 230 Å². The minimum absolute atomic E-state index is 0.00608. The minimum atomic E-state index is -4.44. The number of imidazole rings is 1. The molecule has 0 fully saturated rings. The largest absolute Gasteiger partial charge is 0.485 e. The van der Waals surface area contributed by atoms with Crippen LogP contribution in [0.15, 0.2) is 103 Å². The highest BCUT2D eigenvalue weighted by Gasteiger charge is 2.30. The molecule has 0 saturated carbocycles.